The number of carbonyl (C=O) groups is 2. The lowest BCUT2D eigenvalue weighted by Gasteiger charge is -2.11. The number of esters is 1. The van der Waals surface area contributed by atoms with E-state index in [0.717, 1.165) is 25.3 Å². The number of rotatable bonds is 3. The van der Waals surface area contributed by atoms with Gasteiger partial charge in [-0.2, -0.15) is 18.4 Å². The smallest absolute Gasteiger partial charge is 0.417 e. The average Bonchev–Trinajstić information content (AvgIpc) is 2.88. The van der Waals surface area contributed by atoms with Crippen LogP contribution < -0.4 is 5.32 Å². The molecular formula is C16H11F3N2O4. The molecule has 1 heterocycles. The first-order chi connectivity index (χ1) is 11.7. The van der Waals surface area contributed by atoms with Crippen LogP contribution in [0.5, 0.6) is 0 Å². The van der Waals surface area contributed by atoms with Crippen LogP contribution in [0.3, 0.4) is 0 Å². The van der Waals surface area contributed by atoms with Crippen LogP contribution in [0.1, 0.15) is 37.6 Å². The van der Waals surface area contributed by atoms with Gasteiger partial charge in [0, 0.05) is 0 Å². The summed E-state index contributed by atoms with van der Waals surface area (Å²) in [5.74, 6) is -2.44. The largest absolute Gasteiger partial charge is 0.465 e. The molecular weight excluding hydrogens is 341 g/mol. The second-order valence-electron chi connectivity index (χ2n) is 4.84. The number of nitrogens with one attached hydrogen (secondary N) is 1. The van der Waals surface area contributed by atoms with Crippen molar-refractivity contribution >= 4 is 17.8 Å². The quantitative estimate of drug-likeness (QED) is 0.853. The van der Waals surface area contributed by atoms with Crippen molar-refractivity contribution in [3.63, 3.8) is 0 Å². The molecule has 0 fully saturated rings. The Hall–Kier alpha value is -3.28. The van der Waals surface area contributed by atoms with Crippen LogP contribution in [0.4, 0.5) is 19.1 Å². The highest BCUT2D eigenvalue weighted by Crippen LogP contribution is 2.33. The number of anilines is 1. The van der Waals surface area contributed by atoms with Crippen LogP contribution in [0.15, 0.2) is 28.7 Å². The number of nitrogens with zero attached hydrogens (tertiary/aromatic N) is 1. The maximum absolute atomic E-state index is 13.0. The van der Waals surface area contributed by atoms with E-state index in [0.29, 0.717) is 0 Å². The number of hydrogen-bond acceptors (Lipinski definition) is 5. The number of alkyl halides is 3. The molecule has 0 spiro atoms. The predicted octanol–water partition coefficient (Wildman–Crippen LogP) is 3.52. The van der Waals surface area contributed by atoms with Crippen molar-refractivity contribution < 1.29 is 31.9 Å². The Bertz CT molecular complexity index is 878. The summed E-state index contributed by atoms with van der Waals surface area (Å²) in [7, 11) is 1.09. The summed E-state index contributed by atoms with van der Waals surface area (Å²) in [5, 5.41) is 11.3. The van der Waals surface area contributed by atoms with Crippen LogP contribution >= 0.6 is 0 Å². The van der Waals surface area contributed by atoms with E-state index in [-0.39, 0.29) is 16.9 Å². The van der Waals surface area contributed by atoms with Crippen molar-refractivity contribution in [2.45, 2.75) is 13.1 Å². The highest BCUT2D eigenvalue weighted by Gasteiger charge is 2.35. The van der Waals surface area contributed by atoms with E-state index in [4.69, 9.17) is 4.42 Å². The van der Waals surface area contributed by atoms with E-state index in [9.17, 15) is 28.0 Å². The number of ether oxygens (including phenoxy) is 1. The van der Waals surface area contributed by atoms with Gasteiger partial charge in [-0.25, -0.2) is 4.79 Å². The number of benzene rings is 1. The molecule has 6 nitrogen and oxygen atoms in total. The molecule has 1 aromatic carbocycles. The zero-order valence-electron chi connectivity index (χ0n) is 13.0. The van der Waals surface area contributed by atoms with Crippen molar-refractivity contribution in [3.8, 4) is 6.07 Å². The van der Waals surface area contributed by atoms with Gasteiger partial charge in [0.1, 0.15) is 23.0 Å². The van der Waals surface area contributed by atoms with E-state index < -0.39 is 35.1 Å². The Kier molecular flexibility index (Phi) is 4.83. The molecule has 0 unspecified atom stereocenters. The first-order valence-corrected chi connectivity index (χ1v) is 6.80. The van der Waals surface area contributed by atoms with Crippen molar-refractivity contribution in [2.24, 2.45) is 0 Å². The van der Waals surface area contributed by atoms with Crippen molar-refractivity contribution in [1.29, 1.82) is 5.26 Å². The molecule has 2 aromatic rings. The van der Waals surface area contributed by atoms with Crippen LogP contribution in [0.2, 0.25) is 0 Å². The lowest BCUT2D eigenvalue weighted by atomic mass is 10.1. The monoisotopic (exact) mass is 352 g/mol. The Morgan fingerprint density at radius 3 is 2.48 bits per heavy atom. The molecule has 0 aliphatic carbocycles. The van der Waals surface area contributed by atoms with Crippen LogP contribution in [0, 0.1) is 18.3 Å². The standard InChI is InChI=1S/C16H11F3N2O4/c1-8-12(15(23)24-2)10(7-20)14(25-8)21-13(22)9-5-3-4-6-11(9)16(17,18)19/h3-6H,1-2H3,(H,21,22). The van der Waals surface area contributed by atoms with E-state index >= 15 is 0 Å². The summed E-state index contributed by atoms with van der Waals surface area (Å²) >= 11 is 0. The molecule has 0 saturated carbocycles. The van der Waals surface area contributed by atoms with Gasteiger partial charge in [-0.3, -0.25) is 10.1 Å². The number of furan rings is 1. The van der Waals surface area contributed by atoms with Crippen molar-refractivity contribution in [3.05, 3.63) is 52.3 Å². The van der Waals surface area contributed by atoms with E-state index in [1.807, 2.05) is 0 Å². The molecule has 1 amide bonds. The molecule has 2 rings (SSSR count). The molecule has 0 aliphatic rings. The van der Waals surface area contributed by atoms with Crippen LogP contribution in [0.25, 0.3) is 0 Å². The van der Waals surface area contributed by atoms with Gasteiger partial charge in [0.25, 0.3) is 5.91 Å². The first-order valence-electron chi connectivity index (χ1n) is 6.80. The van der Waals surface area contributed by atoms with Gasteiger partial charge in [0.15, 0.2) is 0 Å². The van der Waals surface area contributed by atoms with Crippen molar-refractivity contribution in [2.75, 3.05) is 12.4 Å². The zero-order valence-corrected chi connectivity index (χ0v) is 13.0. The number of methoxy groups -OCH3 is 1. The Morgan fingerprint density at radius 2 is 1.92 bits per heavy atom. The summed E-state index contributed by atoms with van der Waals surface area (Å²) in [4.78, 5) is 23.9. The number of carbonyl (C=O) groups excluding carboxylic acids is 2. The fourth-order valence-corrected chi connectivity index (χ4v) is 2.19. The van der Waals surface area contributed by atoms with Crippen LogP contribution in [-0.2, 0) is 10.9 Å². The van der Waals surface area contributed by atoms with Crippen molar-refractivity contribution in [1.82, 2.24) is 0 Å². The molecule has 0 bridgehead atoms. The average molecular weight is 352 g/mol. The fourth-order valence-electron chi connectivity index (χ4n) is 2.19. The minimum atomic E-state index is -4.73. The van der Waals surface area contributed by atoms with Gasteiger partial charge in [-0.15, -0.1) is 0 Å². The third-order valence-electron chi connectivity index (χ3n) is 3.29. The molecule has 0 saturated heterocycles. The molecule has 1 aromatic heterocycles. The third-order valence-corrected chi connectivity index (χ3v) is 3.29. The molecule has 1 N–H and O–H groups in total. The predicted molar refractivity (Wildman–Crippen MR) is 78.9 cm³/mol. The number of amides is 1. The van der Waals surface area contributed by atoms with Gasteiger partial charge >= 0.3 is 12.1 Å². The lowest BCUT2D eigenvalue weighted by molar-refractivity contribution is -0.137. The van der Waals surface area contributed by atoms with Gasteiger partial charge in [0.05, 0.1) is 18.2 Å². The van der Waals surface area contributed by atoms with Gasteiger partial charge in [-0.1, -0.05) is 12.1 Å². The summed E-state index contributed by atoms with van der Waals surface area (Å²) in [6, 6.07) is 5.83. The van der Waals surface area contributed by atoms with Gasteiger partial charge < -0.3 is 9.15 Å². The molecule has 0 radical (unpaired) electrons. The highest BCUT2D eigenvalue weighted by molar-refractivity contribution is 6.06. The Balaban J connectivity index is 2.44. The molecule has 0 aliphatic heterocycles. The minimum Gasteiger partial charge on any atom is -0.465 e. The highest BCUT2D eigenvalue weighted by atomic mass is 19.4. The second-order valence-corrected chi connectivity index (χ2v) is 4.84. The first kappa shape index (κ1) is 18.1. The summed E-state index contributed by atoms with van der Waals surface area (Å²) in [6.45, 7) is 1.35. The summed E-state index contributed by atoms with van der Waals surface area (Å²) in [6.07, 6.45) is -4.73. The van der Waals surface area contributed by atoms with E-state index in [1.165, 1.54) is 13.0 Å². The molecule has 130 valence electrons. The Morgan fingerprint density at radius 1 is 1.28 bits per heavy atom. The maximum Gasteiger partial charge on any atom is 0.417 e. The number of hydrogen-bond donors (Lipinski definition) is 1. The van der Waals surface area contributed by atoms with Gasteiger partial charge in [0.2, 0.25) is 5.88 Å². The molecule has 9 heteroatoms. The van der Waals surface area contributed by atoms with Gasteiger partial charge in [-0.05, 0) is 19.1 Å². The number of halogens is 3. The fraction of sp³-hybridized carbons (Fsp3) is 0.188. The maximum atomic E-state index is 13.0. The number of aryl methyl sites for hydroxylation is 1. The summed E-state index contributed by atoms with van der Waals surface area (Å²) < 4.78 is 48.6. The molecule has 0 atom stereocenters. The van der Waals surface area contributed by atoms with E-state index in [2.05, 4.69) is 10.1 Å². The topological polar surface area (TPSA) is 92.3 Å². The normalized spacial score (nSPS) is 10.9. The third kappa shape index (κ3) is 3.47. The Labute approximate surface area is 139 Å². The zero-order chi connectivity index (χ0) is 18.8. The number of nitriles is 1. The van der Waals surface area contributed by atoms with E-state index in [1.54, 1.807) is 6.07 Å². The SMILES string of the molecule is COC(=O)c1c(C)oc(NC(=O)c2ccccc2C(F)(F)F)c1C#N. The second kappa shape index (κ2) is 6.68. The summed E-state index contributed by atoms with van der Waals surface area (Å²) in [5.41, 5.74) is -2.32. The lowest BCUT2D eigenvalue weighted by Crippen LogP contribution is -2.18. The minimum absolute atomic E-state index is 0.0113. The van der Waals surface area contributed by atoms with Crippen LogP contribution in [-0.4, -0.2) is 19.0 Å². The molecule has 25 heavy (non-hydrogen) atoms.